The van der Waals surface area contributed by atoms with Gasteiger partial charge in [-0.2, -0.15) is 0 Å². The Morgan fingerprint density at radius 2 is 1.46 bits per heavy atom. The molecule has 0 saturated carbocycles. The van der Waals surface area contributed by atoms with Crippen LogP contribution in [0.2, 0.25) is 0 Å². The van der Waals surface area contributed by atoms with Crippen LogP contribution < -0.4 is 0 Å². The predicted molar refractivity (Wildman–Crippen MR) is 99.4 cm³/mol. The van der Waals surface area contributed by atoms with Crippen molar-refractivity contribution in [2.45, 2.75) is 43.7 Å². The first kappa shape index (κ1) is 20.4. The summed E-state index contributed by atoms with van der Waals surface area (Å²) in [5.74, 6) is -1.32. The number of aliphatic hydroxyl groups excluding tert-OH is 2. The van der Waals surface area contributed by atoms with Crippen molar-refractivity contribution in [2.24, 2.45) is 0 Å². The third-order valence-corrected chi connectivity index (χ3v) is 4.61. The molecule has 3 rings (SSSR count). The van der Waals surface area contributed by atoms with E-state index in [-0.39, 0.29) is 13.2 Å². The van der Waals surface area contributed by atoms with Gasteiger partial charge in [0.2, 0.25) is 0 Å². The van der Waals surface area contributed by atoms with Crippen molar-refractivity contribution in [3.8, 4) is 0 Å². The maximum atomic E-state index is 11.5. The molecular weight excluding hydrogens is 364 g/mol. The second-order valence-corrected chi connectivity index (χ2v) is 6.68. The van der Waals surface area contributed by atoms with Gasteiger partial charge in [-0.05, 0) is 11.1 Å². The van der Waals surface area contributed by atoms with Gasteiger partial charge in [0.1, 0.15) is 24.4 Å². The van der Waals surface area contributed by atoms with Crippen molar-refractivity contribution in [3.05, 3.63) is 71.8 Å². The molecule has 1 aliphatic rings. The van der Waals surface area contributed by atoms with Crippen LogP contribution in [0.4, 0.5) is 0 Å². The minimum atomic E-state index is -1.51. The molecule has 5 atom stereocenters. The summed E-state index contributed by atoms with van der Waals surface area (Å²) in [6.45, 7) is 0.393. The SMILES string of the molecule is O=C(O)[C@H]1O[C@@H](COCc2ccccc2)[C@H](O)[C@@H](OCc2ccccc2)[C@@H]1O. The number of aliphatic carboxylic acids is 1. The van der Waals surface area contributed by atoms with Gasteiger partial charge >= 0.3 is 5.97 Å². The monoisotopic (exact) mass is 388 g/mol. The number of hydrogen-bond donors (Lipinski definition) is 3. The molecule has 0 unspecified atom stereocenters. The standard InChI is InChI=1S/C21H24O7/c22-17-16(13-26-11-14-7-3-1-4-8-14)28-20(21(24)25)18(23)19(17)27-12-15-9-5-2-6-10-15/h1-10,16-20,22-23H,11-13H2,(H,24,25)/t16-,17-,18-,19+,20-/m0/s1. The molecule has 28 heavy (non-hydrogen) atoms. The van der Waals surface area contributed by atoms with Crippen molar-refractivity contribution in [1.29, 1.82) is 0 Å². The lowest BCUT2D eigenvalue weighted by atomic mass is 9.95. The molecule has 7 nitrogen and oxygen atoms in total. The Hall–Kier alpha value is -2.29. The average molecular weight is 388 g/mol. The molecule has 150 valence electrons. The first-order valence-corrected chi connectivity index (χ1v) is 9.08. The molecule has 3 N–H and O–H groups in total. The van der Waals surface area contributed by atoms with E-state index in [0.717, 1.165) is 11.1 Å². The summed E-state index contributed by atoms with van der Waals surface area (Å²) < 4.78 is 16.6. The fraction of sp³-hybridized carbons (Fsp3) is 0.381. The van der Waals surface area contributed by atoms with E-state index in [2.05, 4.69) is 0 Å². The summed E-state index contributed by atoms with van der Waals surface area (Å²) in [5.41, 5.74) is 1.79. The maximum absolute atomic E-state index is 11.5. The summed E-state index contributed by atoms with van der Waals surface area (Å²) in [7, 11) is 0. The molecule has 0 aromatic heterocycles. The largest absolute Gasteiger partial charge is 0.479 e. The molecule has 1 saturated heterocycles. The summed E-state index contributed by atoms with van der Waals surface area (Å²) in [4.78, 5) is 11.5. The van der Waals surface area contributed by atoms with Crippen molar-refractivity contribution in [3.63, 3.8) is 0 Å². The number of hydrogen-bond acceptors (Lipinski definition) is 6. The van der Waals surface area contributed by atoms with Crippen molar-refractivity contribution >= 4 is 5.97 Å². The Labute approximate surface area is 163 Å². The molecule has 0 aliphatic carbocycles. The Morgan fingerprint density at radius 1 is 0.893 bits per heavy atom. The summed E-state index contributed by atoms with van der Waals surface area (Å²) in [6, 6.07) is 18.7. The van der Waals surface area contributed by atoms with E-state index in [1.165, 1.54) is 0 Å². The molecule has 1 fully saturated rings. The lowest BCUT2D eigenvalue weighted by Gasteiger charge is -2.41. The van der Waals surface area contributed by atoms with Crippen LogP contribution in [0, 0.1) is 0 Å². The fourth-order valence-electron chi connectivity index (χ4n) is 3.11. The first-order chi connectivity index (χ1) is 13.6. The van der Waals surface area contributed by atoms with Crippen LogP contribution in [0.3, 0.4) is 0 Å². The van der Waals surface area contributed by atoms with Gasteiger partial charge in [-0.25, -0.2) is 4.79 Å². The highest BCUT2D eigenvalue weighted by Crippen LogP contribution is 2.25. The second kappa shape index (κ2) is 9.77. The molecule has 0 radical (unpaired) electrons. The highest BCUT2D eigenvalue weighted by Gasteiger charge is 2.48. The molecule has 2 aromatic rings. The van der Waals surface area contributed by atoms with E-state index < -0.39 is 36.5 Å². The number of carboxylic acids is 1. The zero-order chi connectivity index (χ0) is 19.9. The highest BCUT2D eigenvalue weighted by molar-refractivity contribution is 5.73. The smallest absolute Gasteiger partial charge is 0.335 e. The van der Waals surface area contributed by atoms with Gasteiger partial charge in [0.15, 0.2) is 6.10 Å². The van der Waals surface area contributed by atoms with Crippen molar-refractivity contribution < 1.29 is 34.3 Å². The molecule has 1 aliphatic heterocycles. The van der Waals surface area contributed by atoms with Gasteiger partial charge in [0.05, 0.1) is 19.8 Å². The molecule has 0 amide bonds. The molecule has 0 bridgehead atoms. The van der Waals surface area contributed by atoms with E-state index >= 15 is 0 Å². The third-order valence-electron chi connectivity index (χ3n) is 4.61. The minimum absolute atomic E-state index is 0.0300. The van der Waals surface area contributed by atoms with Gasteiger partial charge in [0, 0.05) is 0 Å². The molecular formula is C21H24O7. The van der Waals surface area contributed by atoms with Crippen LogP contribution in [-0.4, -0.2) is 58.4 Å². The molecule has 0 spiro atoms. The van der Waals surface area contributed by atoms with Crippen LogP contribution in [0.5, 0.6) is 0 Å². The van der Waals surface area contributed by atoms with Crippen molar-refractivity contribution in [1.82, 2.24) is 0 Å². The number of carboxylic acid groups (broad SMARTS) is 1. The number of carbonyl (C=O) groups is 1. The average Bonchev–Trinajstić information content (AvgIpc) is 2.71. The van der Waals surface area contributed by atoms with Crippen molar-refractivity contribution in [2.75, 3.05) is 6.61 Å². The predicted octanol–water partition coefficient (Wildman–Crippen LogP) is 1.36. The van der Waals surface area contributed by atoms with E-state index in [1.807, 2.05) is 60.7 Å². The van der Waals surface area contributed by atoms with Gasteiger partial charge in [-0.3, -0.25) is 0 Å². The van der Waals surface area contributed by atoms with E-state index in [1.54, 1.807) is 0 Å². The minimum Gasteiger partial charge on any atom is -0.479 e. The van der Waals surface area contributed by atoms with Crippen LogP contribution in [0.15, 0.2) is 60.7 Å². The third kappa shape index (κ3) is 5.15. The maximum Gasteiger partial charge on any atom is 0.335 e. The van der Waals surface area contributed by atoms with E-state index in [0.29, 0.717) is 6.61 Å². The number of rotatable bonds is 8. The van der Waals surface area contributed by atoms with Crippen LogP contribution in [-0.2, 0) is 32.2 Å². The zero-order valence-corrected chi connectivity index (χ0v) is 15.3. The van der Waals surface area contributed by atoms with E-state index in [9.17, 15) is 20.1 Å². The van der Waals surface area contributed by atoms with Gasteiger partial charge in [-0.15, -0.1) is 0 Å². The summed E-state index contributed by atoms with van der Waals surface area (Å²) in [5, 5.41) is 30.3. The molecule has 2 aromatic carbocycles. The van der Waals surface area contributed by atoms with Gasteiger partial charge in [0.25, 0.3) is 0 Å². The van der Waals surface area contributed by atoms with Crippen LogP contribution in [0.1, 0.15) is 11.1 Å². The van der Waals surface area contributed by atoms with Gasteiger partial charge in [-0.1, -0.05) is 60.7 Å². The summed E-state index contributed by atoms with van der Waals surface area (Å²) >= 11 is 0. The number of benzene rings is 2. The second-order valence-electron chi connectivity index (χ2n) is 6.68. The van der Waals surface area contributed by atoms with Gasteiger partial charge < -0.3 is 29.5 Å². The quantitative estimate of drug-likeness (QED) is 0.627. The molecule has 1 heterocycles. The van der Waals surface area contributed by atoms with E-state index in [4.69, 9.17) is 14.2 Å². The number of aliphatic hydroxyl groups is 2. The highest BCUT2D eigenvalue weighted by atomic mass is 16.6. The normalized spacial score (nSPS) is 27.4. The lowest BCUT2D eigenvalue weighted by molar-refractivity contribution is -0.248. The Balaban J connectivity index is 1.63. The topological polar surface area (TPSA) is 105 Å². The Morgan fingerprint density at radius 3 is 2.04 bits per heavy atom. The van der Waals surface area contributed by atoms with Crippen LogP contribution in [0.25, 0.3) is 0 Å². The Bertz CT molecular complexity index is 737. The Kier molecular flexibility index (Phi) is 7.13. The lowest BCUT2D eigenvalue weighted by Crippen LogP contribution is -2.61. The fourth-order valence-corrected chi connectivity index (χ4v) is 3.11. The summed E-state index contributed by atoms with van der Waals surface area (Å²) in [6.07, 6.45) is -6.28. The first-order valence-electron chi connectivity index (χ1n) is 9.08. The zero-order valence-electron chi connectivity index (χ0n) is 15.3. The number of ether oxygens (including phenoxy) is 3. The van der Waals surface area contributed by atoms with Crippen LogP contribution >= 0.6 is 0 Å². The molecule has 7 heteroatoms.